The Hall–Kier alpha value is -4.38. The Morgan fingerprint density at radius 3 is 2.15 bits per heavy atom. The van der Waals surface area contributed by atoms with Crippen LogP contribution in [0.15, 0.2) is 54.9 Å². The monoisotopic (exact) mass is 457 g/mol. The first kappa shape index (κ1) is 21.8. The number of halogens is 6. The number of rotatable bonds is 1. The zero-order valence-corrected chi connectivity index (χ0v) is 16.2. The average molecular weight is 457 g/mol. The molecule has 5 nitrogen and oxygen atoms in total. The van der Waals surface area contributed by atoms with Crippen molar-refractivity contribution in [3.05, 3.63) is 82.9 Å². The smallest absolute Gasteiger partial charge is 0.244 e. The van der Waals surface area contributed by atoms with Crippen LogP contribution in [0.4, 0.5) is 26.3 Å². The van der Waals surface area contributed by atoms with Crippen LogP contribution >= 0.6 is 0 Å². The fourth-order valence-corrected chi connectivity index (χ4v) is 2.90. The van der Waals surface area contributed by atoms with Crippen LogP contribution in [0.25, 0.3) is 16.9 Å². The van der Waals surface area contributed by atoms with Gasteiger partial charge in [0.15, 0.2) is 11.3 Å². The van der Waals surface area contributed by atoms with Gasteiger partial charge < -0.3 is 0 Å². The van der Waals surface area contributed by atoms with E-state index in [-0.39, 0.29) is 28.2 Å². The molecule has 1 aromatic carbocycles. The number of aromatic nitrogens is 4. The van der Waals surface area contributed by atoms with Gasteiger partial charge in [-0.2, -0.15) is 36.7 Å². The Morgan fingerprint density at radius 2 is 1.58 bits per heavy atom. The van der Waals surface area contributed by atoms with Gasteiger partial charge in [0, 0.05) is 17.3 Å². The van der Waals surface area contributed by atoms with E-state index in [1.54, 1.807) is 0 Å². The standard InChI is InChI=1S/C22H9F6N5/c23-21(24,25)16-6-4-14(5-7-16)18-9-19(22(26,27)28)33-20(32-18)15(12-31-33)3-1-13-2-8-17(10-29)30-11-13/h2,4-9,11-12H. The van der Waals surface area contributed by atoms with Gasteiger partial charge in [0.1, 0.15) is 11.8 Å². The third-order valence-electron chi connectivity index (χ3n) is 4.49. The van der Waals surface area contributed by atoms with Crippen molar-refractivity contribution < 1.29 is 26.3 Å². The summed E-state index contributed by atoms with van der Waals surface area (Å²) in [6, 6.07) is 9.15. The minimum atomic E-state index is -4.81. The second kappa shape index (κ2) is 7.95. The van der Waals surface area contributed by atoms with Crippen LogP contribution in [-0.2, 0) is 12.4 Å². The summed E-state index contributed by atoms with van der Waals surface area (Å²) in [6.45, 7) is 0. The number of benzene rings is 1. The highest BCUT2D eigenvalue weighted by Gasteiger charge is 2.36. The van der Waals surface area contributed by atoms with Gasteiger partial charge in [-0.05, 0) is 30.3 Å². The number of pyridine rings is 1. The molecule has 0 aliphatic heterocycles. The molecule has 0 fully saturated rings. The highest BCUT2D eigenvalue weighted by molar-refractivity contribution is 5.67. The fraction of sp³-hybridized carbons (Fsp3) is 0.0909. The SMILES string of the molecule is N#Cc1ccc(C#Cc2cnn3c(C(F)(F)F)cc(-c4ccc(C(F)(F)F)cc4)nc23)cn1. The highest BCUT2D eigenvalue weighted by Crippen LogP contribution is 2.34. The molecule has 4 aromatic rings. The normalized spacial score (nSPS) is 11.7. The summed E-state index contributed by atoms with van der Waals surface area (Å²) in [5.41, 5.74) is -1.78. The Kier molecular flexibility index (Phi) is 5.26. The number of nitriles is 1. The second-order valence-corrected chi connectivity index (χ2v) is 6.69. The largest absolute Gasteiger partial charge is 0.433 e. The highest BCUT2D eigenvalue weighted by atomic mass is 19.4. The Balaban J connectivity index is 1.83. The summed E-state index contributed by atoms with van der Waals surface area (Å²) >= 11 is 0. The maximum Gasteiger partial charge on any atom is 0.433 e. The van der Waals surface area contributed by atoms with Crippen molar-refractivity contribution in [2.45, 2.75) is 12.4 Å². The molecule has 0 radical (unpaired) electrons. The molecule has 0 aliphatic rings. The topological polar surface area (TPSA) is 66.9 Å². The maximum atomic E-state index is 13.7. The van der Waals surface area contributed by atoms with Crippen LogP contribution in [0.5, 0.6) is 0 Å². The first-order valence-corrected chi connectivity index (χ1v) is 9.08. The van der Waals surface area contributed by atoms with Gasteiger partial charge in [0.05, 0.1) is 23.0 Å². The Morgan fingerprint density at radius 1 is 0.848 bits per heavy atom. The second-order valence-electron chi connectivity index (χ2n) is 6.69. The lowest BCUT2D eigenvalue weighted by atomic mass is 10.1. The van der Waals surface area contributed by atoms with Crippen LogP contribution in [0.3, 0.4) is 0 Å². The van der Waals surface area contributed by atoms with Crippen LogP contribution in [-0.4, -0.2) is 19.6 Å². The lowest BCUT2D eigenvalue weighted by molar-refractivity contribution is -0.142. The molecule has 164 valence electrons. The number of hydrogen-bond donors (Lipinski definition) is 0. The van der Waals surface area contributed by atoms with E-state index in [4.69, 9.17) is 5.26 Å². The van der Waals surface area contributed by atoms with Gasteiger partial charge in [0.2, 0.25) is 0 Å². The van der Waals surface area contributed by atoms with Crippen molar-refractivity contribution in [1.82, 2.24) is 19.6 Å². The van der Waals surface area contributed by atoms with Gasteiger partial charge in [0.25, 0.3) is 0 Å². The van der Waals surface area contributed by atoms with E-state index in [0.717, 1.165) is 30.5 Å². The summed E-state index contributed by atoms with van der Waals surface area (Å²) in [6.07, 6.45) is -6.95. The average Bonchev–Trinajstić information content (AvgIpc) is 3.19. The molecule has 0 aliphatic carbocycles. The minimum absolute atomic E-state index is 0.0624. The van der Waals surface area contributed by atoms with E-state index in [9.17, 15) is 26.3 Å². The van der Waals surface area contributed by atoms with Gasteiger partial charge in [-0.15, -0.1) is 0 Å². The molecule has 3 heterocycles. The molecular weight excluding hydrogens is 448 g/mol. The quantitative estimate of drug-likeness (QED) is 0.295. The van der Waals surface area contributed by atoms with Crippen molar-refractivity contribution in [3.63, 3.8) is 0 Å². The third-order valence-corrected chi connectivity index (χ3v) is 4.49. The van der Waals surface area contributed by atoms with Gasteiger partial charge >= 0.3 is 12.4 Å². The van der Waals surface area contributed by atoms with Crippen LogP contribution < -0.4 is 0 Å². The minimum Gasteiger partial charge on any atom is -0.244 e. The molecule has 11 heteroatoms. The first-order valence-electron chi connectivity index (χ1n) is 9.08. The zero-order chi connectivity index (χ0) is 23.8. The predicted octanol–water partition coefficient (Wildman–Crippen LogP) is 5.10. The molecule has 33 heavy (non-hydrogen) atoms. The van der Waals surface area contributed by atoms with E-state index in [1.807, 2.05) is 6.07 Å². The fourth-order valence-electron chi connectivity index (χ4n) is 2.90. The number of alkyl halides is 6. The Labute approximate surface area is 182 Å². The van der Waals surface area contributed by atoms with Gasteiger partial charge in [-0.1, -0.05) is 24.0 Å². The number of hydrogen-bond acceptors (Lipinski definition) is 4. The van der Waals surface area contributed by atoms with E-state index < -0.39 is 23.6 Å². The lowest BCUT2D eigenvalue weighted by Crippen LogP contribution is -2.13. The molecule has 0 atom stereocenters. The first-order chi connectivity index (χ1) is 15.6. The summed E-state index contributed by atoms with van der Waals surface area (Å²) < 4.78 is 80.0. The Bertz CT molecular complexity index is 1430. The van der Waals surface area contributed by atoms with Crippen molar-refractivity contribution in [3.8, 4) is 29.2 Å². The van der Waals surface area contributed by atoms with Gasteiger partial charge in [-0.3, -0.25) is 0 Å². The molecule has 0 saturated carbocycles. The maximum absolute atomic E-state index is 13.7. The number of nitrogens with zero attached hydrogens (tertiary/aromatic N) is 5. The van der Waals surface area contributed by atoms with Crippen molar-refractivity contribution in [2.75, 3.05) is 0 Å². The number of fused-ring (bicyclic) bond motifs is 1. The van der Waals surface area contributed by atoms with Crippen molar-refractivity contribution >= 4 is 5.65 Å². The van der Waals surface area contributed by atoms with Crippen molar-refractivity contribution in [2.24, 2.45) is 0 Å². The van der Waals surface area contributed by atoms with E-state index in [1.165, 1.54) is 18.3 Å². The van der Waals surface area contributed by atoms with Crippen LogP contribution in [0, 0.1) is 23.2 Å². The van der Waals surface area contributed by atoms with Crippen LogP contribution in [0.2, 0.25) is 0 Å². The van der Waals surface area contributed by atoms with E-state index >= 15 is 0 Å². The zero-order valence-electron chi connectivity index (χ0n) is 16.2. The molecule has 0 amide bonds. The van der Waals surface area contributed by atoms with E-state index in [2.05, 4.69) is 26.9 Å². The predicted molar refractivity (Wildman–Crippen MR) is 103 cm³/mol. The van der Waals surface area contributed by atoms with Crippen molar-refractivity contribution in [1.29, 1.82) is 5.26 Å². The molecule has 0 bridgehead atoms. The molecule has 0 N–H and O–H groups in total. The summed E-state index contributed by atoms with van der Waals surface area (Å²) in [5.74, 6) is 5.38. The molecule has 4 rings (SSSR count). The third kappa shape index (κ3) is 4.48. The lowest BCUT2D eigenvalue weighted by Gasteiger charge is -2.12. The molecular formula is C22H9F6N5. The molecule has 0 spiro atoms. The summed E-state index contributed by atoms with van der Waals surface area (Å²) in [5, 5.41) is 12.5. The summed E-state index contributed by atoms with van der Waals surface area (Å²) in [7, 11) is 0. The molecule has 0 unspecified atom stereocenters. The van der Waals surface area contributed by atoms with Crippen LogP contribution in [0.1, 0.15) is 28.1 Å². The van der Waals surface area contributed by atoms with E-state index in [0.29, 0.717) is 16.1 Å². The molecule has 3 aromatic heterocycles. The molecule has 0 saturated heterocycles. The summed E-state index contributed by atoms with van der Waals surface area (Å²) in [4.78, 5) is 8.02. The van der Waals surface area contributed by atoms with Gasteiger partial charge in [-0.25, -0.2) is 14.5 Å².